The number of furan rings is 1. The minimum atomic E-state index is -3.49. The van der Waals surface area contributed by atoms with Crippen LogP contribution in [-0.4, -0.2) is 46.8 Å². The van der Waals surface area contributed by atoms with Crippen LogP contribution in [0.4, 0.5) is 11.4 Å². The second-order valence-electron chi connectivity index (χ2n) is 6.21. The molecular formula is C19H27N3O4S. The zero-order chi connectivity index (χ0) is 20.0. The van der Waals surface area contributed by atoms with Crippen molar-refractivity contribution in [2.75, 3.05) is 41.6 Å². The number of amides is 1. The van der Waals surface area contributed by atoms with Crippen molar-refractivity contribution in [1.29, 1.82) is 0 Å². The van der Waals surface area contributed by atoms with E-state index < -0.39 is 10.0 Å². The number of carbonyl (C=O) groups is 1. The van der Waals surface area contributed by atoms with Gasteiger partial charge in [-0.2, -0.15) is 0 Å². The Hall–Kier alpha value is -2.48. The van der Waals surface area contributed by atoms with E-state index in [4.69, 9.17) is 4.42 Å². The number of sulfonamides is 1. The molecule has 1 aromatic heterocycles. The molecule has 0 unspecified atom stereocenters. The van der Waals surface area contributed by atoms with Crippen molar-refractivity contribution < 1.29 is 17.6 Å². The highest BCUT2D eigenvalue weighted by molar-refractivity contribution is 7.92. The number of nitrogens with zero attached hydrogens (tertiary/aromatic N) is 2. The summed E-state index contributed by atoms with van der Waals surface area (Å²) < 4.78 is 31.0. The van der Waals surface area contributed by atoms with Crippen LogP contribution >= 0.6 is 0 Å². The first kappa shape index (κ1) is 20.8. The maximum Gasteiger partial charge on any atom is 0.287 e. The lowest BCUT2D eigenvalue weighted by molar-refractivity contribution is 0.0927. The number of hydrogen-bond acceptors (Lipinski definition) is 5. The van der Waals surface area contributed by atoms with Gasteiger partial charge < -0.3 is 14.6 Å². The highest BCUT2D eigenvalue weighted by atomic mass is 32.2. The summed E-state index contributed by atoms with van der Waals surface area (Å²) in [6, 6.07) is 8.91. The largest absolute Gasteiger partial charge is 0.459 e. The Morgan fingerprint density at radius 1 is 1.19 bits per heavy atom. The van der Waals surface area contributed by atoms with Gasteiger partial charge in [0.05, 0.1) is 24.8 Å². The second-order valence-corrected chi connectivity index (χ2v) is 8.12. The van der Waals surface area contributed by atoms with Crippen LogP contribution in [0, 0.1) is 6.92 Å². The molecular weight excluding hydrogens is 366 g/mol. The first-order valence-corrected chi connectivity index (χ1v) is 10.8. The molecule has 8 heteroatoms. The topological polar surface area (TPSA) is 82.9 Å². The lowest BCUT2D eigenvalue weighted by atomic mass is 10.1. The van der Waals surface area contributed by atoms with Gasteiger partial charge in [0.25, 0.3) is 5.91 Å². The van der Waals surface area contributed by atoms with Crippen LogP contribution in [0.2, 0.25) is 0 Å². The van der Waals surface area contributed by atoms with Gasteiger partial charge in [0.2, 0.25) is 10.0 Å². The zero-order valence-electron chi connectivity index (χ0n) is 16.2. The van der Waals surface area contributed by atoms with E-state index >= 15 is 0 Å². The normalized spacial score (nSPS) is 11.3. The average molecular weight is 394 g/mol. The third-order valence-electron chi connectivity index (χ3n) is 4.32. The van der Waals surface area contributed by atoms with E-state index in [0.29, 0.717) is 5.69 Å². The van der Waals surface area contributed by atoms with Gasteiger partial charge in [-0.1, -0.05) is 0 Å². The molecule has 7 nitrogen and oxygen atoms in total. The van der Waals surface area contributed by atoms with Crippen LogP contribution < -0.4 is 14.5 Å². The van der Waals surface area contributed by atoms with E-state index in [1.807, 2.05) is 25.1 Å². The molecule has 27 heavy (non-hydrogen) atoms. The van der Waals surface area contributed by atoms with Gasteiger partial charge in [0, 0.05) is 25.3 Å². The molecule has 1 N–H and O–H groups in total. The standard InChI is InChI=1S/C19H27N3O4S/c1-5-21(6-2)16-9-10-17(15(3)14-16)22(27(4,24)25)12-11-20-19(23)18-8-7-13-26-18/h7-10,13-14H,5-6,11-12H2,1-4H3,(H,20,23). The Kier molecular flexibility index (Phi) is 6.90. The Bertz CT molecular complexity index is 859. The van der Waals surface area contributed by atoms with E-state index in [2.05, 4.69) is 24.1 Å². The summed E-state index contributed by atoms with van der Waals surface area (Å²) in [5.41, 5.74) is 2.53. The number of rotatable bonds is 9. The maximum absolute atomic E-state index is 12.3. The van der Waals surface area contributed by atoms with E-state index in [9.17, 15) is 13.2 Å². The lowest BCUT2D eigenvalue weighted by Gasteiger charge is -2.27. The van der Waals surface area contributed by atoms with Crippen molar-refractivity contribution in [2.24, 2.45) is 0 Å². The first-order valence-electron chi connectivity index (χ1n) is 8.93. The molecule has 0 radical (unpaired) electrons. The van der Waals surface area contributed by atoms with Gasteiger partial charge in [-0.15, -0.1) is 0 Å². The molecule has 148 valence electrons. The number of benzene rings is 1. The fraction of sp³-hybridized carbons (Fsp3) is 0.421. The predicted molar refractivity (Wildman–Crippen MR) is 108 cm³/mol. The molecule has 0 aliphatic rings. The quantitative estimate of drug-likeness (QED) is 0.708. The maximum atomic E-state index is 12.3. The molecule has 0 aliphatic carbocycles. The average Bonchev–Trinajstić information content (AvgIpc) is 3.14. The van der Waals surface area contributed by atoms with Crippen molar-refractivity contribution >= 4 is 27.3 Å². The molecule has 0 aliphatic heterocycles. The highest BCUT2D eigenvalue weighted by Gasteiger charge is 2.20. The molecule has 0 atom stereocenters. The van der Waals surface area contributed by atoms with Gasteiger partial charge in [-0.25, -0.2) is 8.42 Å². The summed E-state index contributed by atoms with van der Waals surface area (Å²) in [6.45, 7) is 8.12. The molecule has 1 heterocycles. The van der Waals surface area contributed by atoms with Crippen LogP contribution in [0.15, 0.2) is 41.0 Å². The summed E-state index contributed by atoms with van der Waals surface area (Å²) >= 11 is 0. The third-order valence-corrected chi connectivity index (χ3v) is 5.50. The van der Waals surface area contributed by atoms with E-state index in [1.165, 1.54) is 16.8 Å². The minimum Gasteiger partial charge on any atom is -0.459 e. The number of carbonyl (C=O) groups excluding carboxylic acids is 1. The summed E-state index contributed by atoms with van der Waals surface area (Å²) in [6.07, 6.45) is 2.58. The van der Waals surface area contributed by atoms with Gasteiger partial charge in [-0.3, -0.25) is 9.10 Å². The molecule has 1 aromatic carbocycles. The van der Waals surface area contributed by atoms with Crippen LogP contribution in [0.3, 0.4) is 0 Å². The van der Waals surface area contributed by atoms with E-state index in [-0.39, 0.29) is 24.8 Å². The Labute approximate surface area is 161 Å². The number of anilines is 2. The molecule has 0 bridgehead atoms. The number of nitrogens with one attached hydrogen (secondary N) is 1. The van der Waals surface area contributed by atoms with Crippen molar-refractivity contribution in [1.82, 2.24) is 5.32 Å². The molecule has 0 fully saturated rings. The molecule has 0 spiro atoms. The summed E-state index contributed by atoms with van der Waals surface area (Å²) in [5, 5.41) is 2.68. The van der Waals surface area contributed by atoms with Gasteiger partial charge in [0.1, 0.15) is 0 Å². The Morgan fingerprint density at radius 3 is 2.41 bits per heavy atom. The molecule has 2 rings (SSSR count). The lowest BCUT2D eigenvalue weighted by Crippen LogP contribution is -2.38. The molecule has 0 saturated heterocycles. The third kappa shape index (κ3) is 5.26. The highest BCUT2D eigenvalue weighted by Crippen LogP contribution is 2.27. The van der Waals surface area contributed by atoms with Crippen molar-refractivity contribution in [3.05, 3.63) is 47.9 Å². The summed E-state index contributed by atoms with van der Waals surface area (Å²) in [7, 11) is -3.49. The fourth-order valence-corrected chi connectivity index (χ4v) is 3.92. The molecule has 0 saturated carbocycles. The van der Waals surface area contributed by atoms with Crippen molar-refractivity contribution in [3.8, 4) is 0 Å². The zero-order valence-corrected chi connectivity index (χ0v) is 17.0. The SMILES string of the molecule is CCN(CC)c1ccc(N(CCNC(=O)c2ccco2)S(C)(=O)=O)c(C)c1. The predicted octanol–water partition coefficient (Wildman–Crippen LogP) is 2.63. The number of aryl methyl sites for hydroxylation is 1. The van der Waals surface area contributed by atoms with Gasteiger partial charge in [-0.05, 0) is 56.7 Å². The van der Waals surface area contributed by atoms with Crippen molar-refractivity contribution in [3.63, 3.8) is 0 Å². The minimum absolute atomic E-state index is 0.136. The summed E-state index contributed by atoms with van der Waals surface area (Å²) in [5.74, 6) is -0.178. The summed E-state index contributed by atoms with van der Waals surface area (Å²) in [4.78, 5) is 14.1. The van der Waals surface area contributed by atoms with Crippen LogP contribution in [0.1, 0.15) is 30.0 Å². The first-order chi connectivity index (χ1) is 12.8. The van der Waals surface area contributed by atoms with Gasteiger partial charge in [0.15, 0.2) is 5.76 Å². The van der Waals surface area contributed by atoms with Crippen LogP contribution in [0.5, 0.6) is 0 Å². The Balaban J connectivity index is 2.15. The monoisotopic (exact) mass is 393 g/mol. The van der Waals surface area contributed by atoms with E-state index in [1.54, 1.807) is 12.1 Å². The molecule has 2 aromatic rings. The second kappa shape index (κ2) is 8.94. The Morgan fingerprint density at radius 2 is 1.89 bits per heavy atom. The molecule has 1 amide bonds. The smallest absolute Gasteiger partial charge is 0.287 e. The number of hydrogen-bond donors (Lipinski definition) is 1. The van der Waals surface area contributed by atoms with Crippen LogP contribution in [0.25, 0.3) is 0 Å². The van der Waals surface area contributed by atoms with Crippen LogP contribution in [-0.2, 0) is 10.0 Å². The van der Waals surface area contributed by atoms with Gasteiger partial charge >= 0.3 is 0 Å². The van der Waals surface area contributed by atoms with E-state index in [0.717, 1.165) is 24.3 Å². The van der Waals surface area contributed by atoms with Crippen molar-refractivity contribution in [2.45, 2.75) is 20.8 Å². The fourth-order valence-electron chi connectivity index (χ4n) is 2.94.